The highest BCUT2D eigenvalue weighted by molar-refractivity contribution is 5.49. The summed E-state index contributed by atoms with van der Waals surface area (Å²) >= 11 is 0. The predicted molar refractivity (Wildman–Crippen MR) is 71.2 cm³/mol. The standard InChI is InChI=1S/C12H18N6/c1-4-10-8(3)15-12(13)16-11(10)14-6-9-5-7(2)17-18-9/h5H,4,6H2,1-3H3,(H,17,18)(H3,13,14,15,16). The van der Waals surface area contributed by atoms with Crippen molar-refractivity contribution in [3.05, 3.63) is 28.7 Å². The molecule has 0 saturated carbocycles. The zero-order valence-electron chi connectivity index (χ0n) is 10.9. The van der Waals surface area contributed by atoms with Gasteiger partial charge in [0, 0.05) is 17.0 Å². The molecule has 96 valence electrons. The van der Waals surface area contributed by atoms with Crippen LogP contribution in [0.25, 0.3) is 0 Å². The Morgan fingerprint density at radius 3 is 2.72 bits per heavy atom. The highest BCUT2D eigenvalue weighted by Crippen LogP contribution is 2.18. The fourth-order valence-corrected chi connectivity index (χ4v) is 1.93. The zero-order valence-corrected chi connectivity index (χ0v) is 10.9. The molecule has 0 saturated heterocycles. The molecule has 6 heteroatoms. The number of aromatic amines is 1. The smallest absolute Gasteiger partial charge is 0.222 e. The molecule has 0 aliphatic carbocycles. The van der Waals surface area contributed by atoms with E-state index in [2.05, 4.69) is 32.4 Å². The number of aryl methyl sites for hydroxylation is 2. The van der Waals surface area contributed by atoms with E-state index in [-0.39, 0.29) is 0 Å². The van der Waals surface area contributed by atoms with Crippen molar-refractivity contribution >= 4 is 11.8 Å². The number of anilines is 2. The minimum absolute atomic E-state index is 0.297. The van der Waals surface area contributed by atoms with E-state index in [9.17, 15) is 0 Å². The summed E-state index contributed by atoms with van der Waals surface area (Å²) in [6.45, 7) is 6.61. The molecule has 0 amide bonds. The third-order valence-corrected chi connectivity index (χ3v) is 2.78. The summed E-state index contributed by atoms with van der Waals surface area (Å²) < 4.78 is 0. The normalized spacial score (nSPS) is 10.6. The number of hydrogen-bond donors (Lipinski definition) is 3. The topological polar surface area (TPSA) is 92.5 Å². The van der Waals surface area contributed by atoms with Crippen LogP contribution in [0, 0.1) is 13.8 Å². The number of nitrogens with one attached hydrogen (secondary N) is 2. The Morgan fingerprint density at radius 2 is 2.11 bits per heavy atom. The van der Waals surface area contributed by atoms with Crippen LogP contribution >= 0.6 is 0 Å². The summed E-state index contributed by atoms with van der Waals surface area (Å²) in [5.41, 5.74) is 9.68. The maximum Gasteiger partial charge on any atom is 0.222 e. The van der Waals surface area contributed by atoms with Crippen LogP contribution in [0.3, 0.4) is 0 Å². The molecule has 6 nitrogen and oxygen atoms in total. The third-order valence-electron chi connectivity index (χ3n) is 2.78. The van der Waals surface area contributed by atoms with Gasteiger partial charge >= 0.3 is 0 Å². The first-order chi connectivity index (χ1) is 8.60. The molecule has 0 atom stereocenters. The molecule has 2 aromatic heterocycles. The Morgan fingerprint density at radius 1 is 1.33 bits per heavy atom. The van der Waals surface area contributed by atoms with Crippen molar-refractivity contribution in [1.82, 2.24) is 20.2 Å². The number of nitrogens with zero attached hydrogens (tertiary/aromatic N) is 3. The molecule has 2 heterocycles. The maximum atomic E-state index is 5.67. The summed E-state index contributed by atoms with van der Waals surface area (Å²) in [4.78, 5) is 8.41. The molecule has 0 spiro atoms. The van der Waals surface area contributed by atoms with Gasteiger partial charge in [-0.05, 0) is 26.3 Å². The lowest BCUT2D eigenvalue weighted by molar-refractivity contribution is 0.943. The molecule has 2 rings (SSSR count). The van der Waals surface area contributed by atoms with Crippen molar-refractivity contribution in [2.45, 2.75) is 33.7 Å². The third kappa shape index (κ3) is 2.58. The van der Waals surface area contributed by atoms with Crippen molar-refractivity contribution in [2.24, 2.45) is 0 Å². The average Bonchev–Trinajstić information content (AvgIpc) is 2.72. The van der Waals surface area contributed by atoms with Gasteiger partial charge in [-0.2, -0.15) is 10.1 Å². The first-order valence-electron chi connectivity index (χ1n) is 5.98. The van der Waals surface area contributed by atoms with Crippen LogP contribution in [-0.4, -0.2) is 20.2 Å². The minimum Gasteiger partial charge on any atom is -0.368 e. The Balaban J connectivity index is 2.18. The van der Waals surface area contributed by atoms with E-state index in [4.69, 9.17) is 5.73 Å². The number of nitrogens with two attached hydrogens (primary N) is 1. The van der Waals surface area contributed by atoms with E-state index in [1.165, 1.54) is 0 Å². The molecule has 0 bridgehead atoms. The van der Waals surface area contributed by atoms with Crippen LogP contribution < -0.4 is 11.1 Å². The number of rotatable bonds is 4. The molecule has 0 fully saturated rings. The van der Waals surface area contributed by atoms with E-state index in [1.54, 1.807) is 0 Å². The second-order valence-corrected chi connectivity index (χ2v) is 4.24. The molecule has 0 radical (unpaired) electrons. The Bertz CT molecular complexity index is 545. The van der Waals surface area contributed by atoms with Crippen LogP contribution in [0.5, 0.6) is 0 Å². The van der Waals surface area contributed by atoms with E-state index in [1.807, 2.05) is 19.9 Å². The summed E-state index contributed by atoms with van der Waals surface area (Å²) in [7, 11) is 0. The second kappa shape index (κ2) is 5.03. The van der Waals surface area contributed by atoms with Crippen LogP contribution in [0.2, 0.25) is 0 Å². The molecular weight excluding hydrogens is 228 g/mol. The second-order valence-electron chi connectivity index (χ2n) is 4.24. The average molecular weight is 246 g/mol. The SMILES string of the molecule is CCc1c(C)nc(N)nc1NCc1cc(C)[nH]n1. The molecule has 0 aliphatic rings. The van der Waals surface area contributed by atoms with Gasteiger partial charge in [-0.3, -0.25) is 5.10 Å². The van der Waals surface area contributed by atoms with E-state index in [0.717, 1.165) is 34.9 Å². The van der Waals surface area contributed by atoms with Gasteiger partial charge < -0.3 is 11.1 Å². The van der Waals surface area contributed by atoms with Crippen molar-refractivity contribution in [2.75, 3.05) is 11.1 Å². The molecule has 2 aromatic rings. The van der Waals surface area contributed by atoms with Gasteiger partial charge in [0.05, 0.1) is 12.2 Å². The summed E-state index contributed by atoms with van der Waals surface area (Å²) in [6.07, 6.45) is 0.869. The Kier molecular flexibility index (Phi) is 3.45. The van der Waals surface area contributed by atoms with Crippen molar-refractivity contribution in [1.29, 1.82) is 0 Å². The monoisotopic (exact) mass is 246 g/mol. The number of nitrogen functional groups attached to an aromatic ring is 1. The highest BCUT2D eigenvalue weighted by Gasteiger charge is 2.09. The first kappa shape index (κ1) is 12.3. The largest absolute Gasteiger partial charge is 0.368 e. The lowest BCUT2D eigenvalue weighted by atomic mass is 10.1. The van der Waals surface area contributed by atoms with Crippen LogP contribution in [0.15, 0.2) is 6.07 Å². The predicted octanol–water partition coefficient (Wildman–Crippen LogP) is 1.57. The van der Waals surface area contributed by atoms with Gasteiger partial charge in [0.2, 0.25) is 5.95 Å². The molecule has 0 aromatic carbocycles. The van der Waals surface area contributed by atoms with Gasteiger partial charge in [0.25, 0.3) is 0 Å². The number of hydrogen-bond acceptors (Lipinski definition) is 5. The van der Waals surface area contributed by atoms with Crippen LogP contribution in [0.4, 0.5) is 11.8 Å². The lowest BCUT2D eigenvalue weighted by Gasteiger charge is -2.11. The van der Waals surface area contributed by atoms with Gasteiger partial charge in [-0.15, -0.1) is 0 Å². The van der Waals surface area contributed by atoms with Gasteiger partial charge in [0.15, 0.2) is 0 Å². The quantitative estimate of drug-likeness (QED) is 0.761. The zero-order chi connectivity index (χ0) is 13.1. The van der Waals surface area contributed by atoms with Crippen LogP contribution in [-0.2, 0) is 13.0 Å². The van der Waals surface area contributed by atoms with Crippen molar-refractivity contribution in [3.8, 4) is 0 Å². The first-order valence-corrected chi connectivity index (χ1v) is 5.98. The van der Waals surface area contributed by atoms with E-state index in [0.29, 0.717) is 12.5 Å². The summed E-state index contributed by atoms with van der Waals surface area (Å²) in [5.74, 6) is 1.09. The minimum atomic E-state index is 0.297. The van der Waals surface area contributed by atoms with Crippen molar-refractivity contribution < 1.29 is 0 Å². The summed E-state index contributed by atoms with van der Waals surface area (Å²) in [6, 6.07) is 2.00. The fraction of sp³-hybridized carbons (Fsp3) is 0.417. The number of H-pyrrole nitrogens is 1. The molecule has 0 aliphatic heterocycles. The molecule has 0 unspecified atom stereocenters. The van der Waals surface area contributed by atoms with E-state index < -0.39 is 0 Å². The van der Waals surface area contributed by atoms with Crippen molar-refractivity contribution in [3.63, 3.8) is 0 Å². The lowest BCUT2D eigenvalue weighted by Crippen LogP contribution is -2.09. The van der Waals surface area contributed by atoms with Gasteiger partial charge in [0.1, 0.15) is 5.82 Å². The molecule has 4 N–H and O–H groups in total. The van der Waals surface area contributed by atoms with Crippen LogP contribution in [0.1, 0.15) is 29.6 Å². The van der Waals surface area contributed by atoms with E-state index >= 15 is 0 Å². The summed E-state index contributed by atoms with van der Waals surface area (Å²) in [5, 5.41) is 10.3. The Hall–Kier alpha value is -2.11. The highest BCUT2D eigenvalue weighted by atomic mass is 15.1. The van der Waals surface area contributed by atoms with Gasteiger partial charge in [-0.25, -0.2) is 4.98 Å². The fourth-order valence-electron chi connectivity index (χ4n) is 1.93. The Labute approximate surface area is 106 Å². The molecular formula is C12H18N6. The number of aromatic nitrogens is 4. The maximum absolute atomic E-state index is 5.67. The molecule has 18 heavy (non-hydrogen) atoms. The van der Waals surface area contributed by atoms with Gasteiger partial charge in [-0.1, -0.05) is 6.92 Å².